The Bertz CT molecular complexity index is 1090. The van der Waals surface area contributed by atoms with Crippen LogP contribution in [0.25, 0.3) is 11.0 Å². The SMILES string of the molecule is CCCCCCCCCCOc1ccc(NC(=O)c2cc3ccc(OC)cc3oc2=O)cc1. The second-order valence-corrected chi connectivity index (χ2v) is 8.15. The molecule has 1 heterocycles. The fraction of sp³-hybridized carbons (Fsp3) is 0.407. The van der Waals surface area contributed by atoms with E-state index >= 15 is 0 Å². The molecule has 0 aliphatic rings. The first-order valence-corrected chi connectivity index (χ1v) is 11.8. The third-order valence-corrected chi connectivity index (χ3v) is 5.57. The summed E-state index contributed by atoms with van der Waals surface area (Å²) in [6.07, 6.45) is 10.1. The van der Waals surface area contributed by atoms with Gasteiger partial charge in [-0.3, -0.25) is 4.79 Å². The average Bonchev–Trinajstić information content (AvgIpc) is 2.83. The summed E-state index contributed by atoms with van der Waals surface area (Å²) in [5, 5.41) is 3.38. The van der Waals surface area contributed by atoms with E-state index in [9.17, 15) is 9.59 Å². The Balaban J connectivity index is 1.47. The normalized spacial score (nSPS) is 10.8. The van der Waals surface area contributed by atoms with Crippen LogP contribution >= 0.6 is 0 Å². The number of hydrogen-bond donors (Lipinski definition) is 1. The third kappa shape index (κ3) is 7.38. The molecule has 0 radical (unpaired) electrons. The van der Waals surface area contributed by atoms with Crippen molar-refractivity contribution in [2.75, 3.05) is 19.0 Å². The second-order valence-electron chi connectivity index (χ2n) is 8.15. The van der Waals surface area contributed by atoms with E-state index in [1.165, 1.54) is 58.1 Å². The summed E-state index contributed by atoms with van der Waals surface area (Å²) in [7, 11) is 1.54. The van der Waals surface area contributed by atoms with Crippen LogP contribution in [0.2, 0.25) is 0 Å². The highest BCUT2D eigenvalue weighted by molar-refractivity contribution is 6.05. The molecule has 0 bridgehead atoms. The quantitative estimate of drug-likeness (QED) is 0.235. The van der Waals surface area contributed by atoms with Crippen LogP contribution < -0.4 is 20.4 Å². The first-order valence-electron chi connectivity index (χ1n) is 11.8. The van der Waals surface area contributed by atoms with Gasteiger partial charge in [0.2, 0.25) is 0 Å². The zero-order valence-electron chi connectivity index (χ0n) is 19.5. The maximum absolute atomic E-state index is 12.6. The van der Waals surface area contributed by atoms with Gasteiger partial charge < -0.3 is 19.2 Å². The van der Waals surface area contributed by atoms with Gasteiger partial charge in [-0.15, -0.1) is 0 Å². The van der Waals surface area contributed by atoms with E-state index in [-0.39, 0.29) is 5.56 Å². The van der Waals surface area contributed by atoms with Gasteiger partial charge in [-0.1, -0.05) is 51.9 Å². The average molecular weight is 452 g/mol. The fourth-order valence-corrected chi connectivity index (χ4v) is 3.64. The van der Waals surface area contributed by atoms with Gasteiger partial charge in [0, 0.05) is 17.1 Å². The van der Waals surface area contributed by atoms with Gasteiger partial charge in [0.15, 0.2) is 0 Å². The zero-order valence-corrected chi connectivity index (χ0v) is 19.5. The van der Waals surface area contributed by atoms with Crippen LogP contribution in [-0.4, -0.2) is 19.6 Å². The molecule has 0 saturated carbocycles. The topological polar surface area (TPSA) is 77.8 Å². The lowest BCUT2D eigenvalue weighted by molar-refractivity contribution is 0.102. The number of ether oxygens (including phenoxy) is 2. The number of unbranched alkanes of at least 4 members (excludes halogenated alkanes) is 7. The molecule has 0 fully saturated rings. The molecule has 2 aromatic carbocycles. The van der Waals surface area contributed by atoms with Crippen LogP contribution in [-0.2, 0) is 0 Å². The fourth-order valence-electron chi connectivity index (χ4n) is 3.64. The van der Waals surface area contributed by atoms with Crippen LogP contribution in [0.15, 0.2) is 57.7 Å². The van der Waals surface area contributed by atoms with Crippen molar-refractivity contribution >= 4 is 22.6 Å². The molecule has 0 aliphatic carbocycles. The Labute approximate surface area is 194 Å². The van der Waals surface area contributed by atoms with E-state index in [4.69, 9.17) is 13.9 Å². The molecule has 0 saturated heterocycles. The highest BCUT2D eigenvalue weighted by Gasteiger charge is 2.14. The highest BCUT2D eigenvalue weighted by atomic mass is 16.5. The summed E-state index contributed by atoms with van der Waals surface area (Å²) >= 11 is 0. The van der Waals surface area contributed by atoms with Gasteiger partial charge in [-0.25, -0.2) is 4.79 Å². The lowest BCUT2D eigenvalue weighted by atomic mass is 10.1. The number of fused-ring (bicyclic) bond motifs is 1. The van der Waals surface area contributed by atoms with E-state index in [0.717, 1.165) is 12.2 Å². The van der Waals surface area contributed by atoms with Gasteiger partial charge in [0.05, 0.1) is 13.7 Å². The predicted octanol–water partition coefficient (Wildman–Crippen LogP) is 6.57. The molecule has 1 aromatic heterocycles. The summed E-state index contributed by atoms with van der Waals surface area (Å²) in [6.45, 7) is 2.92. The van der Waals surface area contributed by atoms with E-state index in [1.807, 2.05) is 12.1 Å². The minimum absolute atomic E-state index is 0.0531. The van der Waals surface area contributed by atoms with E-state index in [1.54, 1.807) is 30.3 Å². The number of amides is 1. The number of benzene rings is 2. The molecular weight excluding hydrogens is 418 g/mol. The number of carbonyl (C=O) groups excluding carboxylic acids is 1. The highest BCUT2D eigenvalue weighted by Crippen LogP contribution is 2.21. The minimum Gasteiger partial charge on any atom is -0.497 e. The molecule has 3 rings (SSSR count). The molecule has 6 nitrogen and oxygen atoms in total. The molecule has 1 amide bonds. The number of methoxy groups -OCH3 is 1. The van der Waals surface area contributed by atoms with Crippen molar-refractivity contribution in [1.29, 1.82) is 0 Å². The Morgan fingerprint density at radius 1 is 0.879 bits per heavy atom. The second kappa shape index (κ2) is 12.7. The Morgan fingerprint density at radius 3 is 2.24 bits per heavy atom. The van der Waals surface area contributed by atoms with Crippen LogP contribution in [0.3, 0.4) is 0 Å². The van der Waals surface area contributed by atoms with Gasteiger partial charge in [-0.2, -0.15) is 0 Å². The molecule has 0 unspecified atom stereocenters. The summed E-state index contributed by atoms with van der Waals surface area (Å²) in [5.41, 5.74) is 0.198. The number of hydrogen-bond acceptors (Lipinski definition) is 5. The lowest BCUT2D eigenvalue weighted by Crippen LogP contribution is -2.20. The molecule has 6 heteroatoms. The third-order valence-electron chi connectivity index (χ3n) is 5.57. The number of anilines is 1. The number of rotatable bonds is 13. The number of carbonyl (C=O) groups is 1. The van der Waals surface area contributed by atoms with Crippen molar-refractivity contribution in [3.05, 3.63) is 64.5 Å². The van der Waals surface area contributed by atoms with Gasteiger partial charge in [0.1, 0.15) is 22.6 Å². The molecule has 0 spiro atoms. The molecular formula is C27H33NO5. The Hall–Kier alpha value is -3.28. The van der Waals surface area contributed by atoms with Crippen LogP contribution in [0.1, 0.15) is 68.6 Å². The summed E-state index contributed by atoms with van der Waals surface area (Å²) in [6, 6.07) is 13.8. The monoisotopic (exact) mass is 451 g/mol. The van der Waals surface area contributed by atoms with Gasteiger partial charge in [0.25, 0.3) is 5.91 Å². The maximum Gasteiger partial charge on any atom is 0.349 e. The van der Waals surface area contributed by atoms with Crippen LogP contribution in [0.5, 0.6) is 11.5 Å². The molecule has 0 atom stereocenters. The zero-order chi connectivity index (χ0) is 23.5. The van der Waals surface area contributed by atoms with Crippen LogP contribution in [0, 0.1) is 0 Å². The smallest absolute Gasteiger partial charge is 0.349 e. The Morgan fingerprint density at radius 2 is 1.55 bits per heavy atom. The largest absolute Gasteiger partial charge is 0.497 e. The number of nitrogens with one attached hydrogen (secondary N) is 1. The molecule has 0 aliphatic heterocycles. The lowest BCUT2D eigenvalue weighted by Gasteiger charge is -2.09. The summed E-state index contributed by atoms with van der Waals surface area (Å²) < 4.78 is 16.2. The van der Waals surface area contributed by atoms with Crippen molar-refractivity contribution in [3.8, 4) is 11.5 Å². The molecule has 176 valence electrons. The van der Waals surface area contributed by atoms with Crippen molar-refractivity contribution in [3.63, 3.8) is 0 Å². The van der Waals surface area contributed by atoms with Crippen LogP contribution in [0.4, 0.5) is 5.69 Å². The van der Waals surface area contributed by atoms with Crippen molar-refractivity contribution in [2.45, 2.75) is 58.3 Å². The molecule has 1 N–H and O–H groups in total. The molecule has 3 aromatic rings. The standard InChI is InChI=1S/C27H33NO5/c1-3-4-5-6-7-8-9-10-17-32-22-15-12-21(13-16-22)28-26(29)24-18-20-11-14-23(31-2)19-25(20)33-27(24)30/h11-16,18-19H,3-10,17H2,1-2H3,(H,28,29). The van der Waals surface area contributed by atoms with Crippen molar-refractivity contribution in [1.82, 2.24) is 0 Å². The first kappa shape index (κ1) is 24.4. The minimum atomic E-state index is -0.696. The summed E-state index contributed by atoms with van der Waals surface area (Å²) in [5.74, 6) is 0.816. The predicted molar refractivity (Wildman–Crippen MR) is 132 cm³/mol. The van der Waals surface area contributed by atoms with E-state index in [0.29, 0.717) is 29.0 Å². The van der Waals surface area contributed by atoms with E-state index < -0.39 is 11.5 Å². The van der Waals surface area contributed by atoms with Gasteiger partial charge in [-0.05, 0) is 48.9 Å². The summed E-state index contributed by atoms with van der Waals surface area (Å²) in [4.78, 5) is 24.9. The van der Waals surface area contributed by atoms with Crippen molar-refractivity contribution in [2.24, 2.45) is 0 Å². The maximum atomic E-state index is 12.6. The van der Waals surface area contributed by atoms with Crippen molar-refractivity contribution < 1.29 is 18.7 Å². The Kier molecular flexibility index (Phi) is 9.36. The molecule has 33 heavy (non-hydrogen) atoms. The first-order chi connectivity index (χ1) is 16.1. The van der Waals surface area contributed by atoms with E-state index in [2.05, 4.69) is 12.2 Å². The van der Waals surface area contributed by atoms with Gasteiger partial charge >= 0.3 is 5.63 Å².